The molecule has 1 N–H and O–H groups in total. The summed E-state index contributed by atoms with van der Waals surface area (Å²) in [7, 11) is 2.00. The predicted octanol–water partition coefficient (Wildman–Crippen LogP) is 5.48. The molecule has 19 heavy (non-hydrogen) atoms. The normalized spacial score (nSPS) is 12.4. The highest BCUT2D eigenvalue weighted by molar-refractivity contribution is 9.11. The van der Waals surface area contributed by atoms with Gasteiger partial charge in [0.1, 0.15) is 0 Å². The molecule has 2 aromatic rings. The summed E-state index contributed by atoms with van der Waals surface area (Å²) in [6, 6.07) is 15.1. The number of likely N-dealkylation sites (N-methyl/N-ethyl adjacent to an activating group) is 1. The monoisotopic (exact) mass is 445 g/mol. The molecule has 1 nitrogen and oxygen atoms in total. The molecular weight excluding hydrogens is 434 g/mol. The van der Waals surface area contributed by atoms with Gasteiger partial charge in [-0.25, -0.2) is 0 Å². The molecule has 0 bridgehead atoms. The van der Waals surface area contributed by atoms with E-state index in [2.05, 4.69) is 95.6 Å². The minimum absolute atomic E-state index is 0.301. The fraction of sp³-hybridized carbons (Fsp3) is 0.200. The van der Waals surface area contributed by atoms with Crippen LogP contribution in [0.4, 0.5) is 0 Å². The first-order chi connectivity index (χ1) is 9.08. The van der Waals surface area contributed by atoms with Gasteiger partial charge in [-0.05, 0) is 54.9 Å². The molecule has 2 aromatic carbocycles. The maximum absolute atomic E-state index is 3.54. The van der Waals surface area contributed by atoms with Crippen molar-refractivity contribution in [3.8, 4) is 0 Å². The van der Waals surface area contributed by atoms with Crippen LogP contribution in [0.2, 0.25) is 0 Å². The zero-order valence-corrected chi connectivity index (χ0v) is 15.2. The average molecular weight is 448 g/mol. The van der Waals surface area contributed by atoms with Crippen molar-refractivity contribution in [3.05, 3.63) is 67.0 Å². The summed E-state index contributed by atoms with van der Waals surface area (Å²) >= 11 is 10.5. The van der Waals surface area contributed by atoms with Crippen molar-refractivity contribution in [2.45, 2.75) is 12.5 Å². The highest BCUT2D eigenvalue weighted by atomic mass is 79.9. The zero-order valence-electron chi connectivity index (χ0n) is 10.5. The number of hydrogen-bond donors (Lipinski definition) is 1. The molecule has 0 aliphatic rings. The van der Waals surface area contributed by atoms with Crippen molar-refractivity contribution >= 4 is 47.8 Å². The van der Waals surface area contributed by atoms with Gasteiger partial charge in [0.15, 0.2) is 0 Å². The lowest BCUT2D eigenvalue weighted by molar-refractivity contribution is 0.591. The molecule has 0 saturated carbocycles. The van der Waals surface area contributed by atoms with E-state index in [0.717, 1.165) is 19.8 Å². The Morgan fingerprint density at radius 1 is 0.895 bits per heavy atom. The lowest BCUT2D eigenvalue weighted by Gasteiger charge is -2.17. The Balaban J connectivity index is 2.22. The lowest BCUT2D eigenvalue weighted by Crippen LogP contribution is -2.18. The molecule has 100 valence electrons. The highest BCUT2D eigenvalue weighted by Crippen LogP contribution is 2.26. The maximum atomic E-state index is 3.54. The molecule has 0 aromatic heterocycles. The minimum Gasteiger partial charge on any atom is -0.313 e. The van der Waals surface area contributed by atoms with Crippen molar-refractivity contribution in [2.24, 2.45) is 0 Å². The quantitative estimate of drug-likeness (QED) is 0.654. The highest BCUT2D eigenvalue weighted by Gasteiger charge is 2.11. The number of halogens is 3. The molecule has 1 atom stereocenters. The first-order valence-corrected chi connectivity index (χ1v) is 8.34. The van der Waals surface area contributed by atoms with E-state index in [9.17, 15) is 0 Å². The summed E-state index contributed by atoms with van der Waals surface area (Å²) in [4.78, 5) is 0. The fourth-order valence-corrected chi connectivity index (χ4v) is 3.61. The van der Waals surface area contributed by atoms with Crippen LogP contribution >= 0.6 is 47.8 Å². The molecular formula is C15H14Br3N. The van der Waals surface area contributed by atoms with E-state index in [1.807, 2.05) is 7.05 Å². The summed E-state index contributed by atoms with van der Waals surface area (Å²) in [6.07, 6.45) is 0.965. The standard InChI is InChI=1S/C15H14Br3N/c1-19-15(6-10-2-4-12(16)5-3-10)11-7-13(17)9-14(18)8-11/h2-5,7-9,15,19H,6H2,1H3. The Kier molecular flexibility index (Phi) is 5.63. The van der Waals surface area contributed by atoms with Crippen molar-refractivity contribution in [1.29, 1.82) is 0 Å². The predicted molar refractivity (Wildman–Crippen MR) is 91.5 cm³/mol. The van der Waals surface area contributed by atoms with Crippen LogP contribution in [-0.2, 0) is 6.42 Å². The molecule has 0 amide bonds. The topological polar surface area (TPSA) is 12.0 Å². The second-order valence-electron chi connectivity index (χ2n) is 4.37. The first kappa shape index (κ1) is 15.2. The van der Waals surface area contributed by atoms with Crippen molar-refractivity contribution in [1.82, 2.24) is 5.32 Å². The number of benzene rings is 2. The Hall–Kier alpha value is -0.160. The summed E-state index contributed by atoms with van der Waals surface area (Å²) in [6.45, 7) is 0. The zero-order chi connectivity index (χ0) is 13.8. The fourth-order valence-electron chi connectivity index (χ4n) is 2.02. The van der Waals surface area contributed by atoms with Crippen molar-refractivity contribution in [3.63, 3.8) is 0 Å². The summed E-state index contributed by atoms with van der Waals surface area (Å²) in [5.74, 6) is 0. The van der Waals surface area contributed by atoms with Gasteiger partial charge in [-0.2, -0.15) is 0 Å². The van der Waals surface area contributed by atoms with Crippen LogP contribution in [-0.4, -0.2) is 7.05 Å². The van der Waals surface area contributed by atoms with E-state index in [4.69, 9.17) is 0 Å². The second-order valence-corrected chi connectivity index (χ2v) is 7.12. The Bertz CT molecular complexity index is 532. The van der Waals surface area contributed by atoms with Gasteiger partial charge in [0.25, 0.3) is 0 Å². The Labute approximate surface area is 139 Å². The van der Waals surface area contributed by atoms with Gasteiger partial charge in [-0.3, -0.25) is 0 Å². The van der Waals surface area contributed by atoms with Crippen LogP contribution in [0.25, 0.3) is 0 Å². The minimum atomic E-state index is 0.301. The number of hydrogen-bond acceptors (Lipinski definition) is 1. The first-order valence-electron chi connectivity index (χ1n) is 5.96. The molecule has 0 fully saturated rings. The van der Waals surface area contributed by atoms with E-state index in [1.165, 1.54) is 11.1 Å². The molecule has 0 spiro atoms. The average Bonchev–Trinajstić information content (AvgIpc) is 2.37. The van der Waals surface area contributed by atoms with Gasteiger partial charge < -0.3 is 5.32 Å². The van der Waals surface area contributed by atoms with E-state index >= 15 is 0 Å². The van der Waals surface area contributed by atoms with Crippen LogP contribution in [0.1, 0.15) is 17.2 Å². The Morgan fingerprint density at radius 3 is 2.00 bits per heavy atom. The smallest absolute Gasteiger partial charge is 0.0359 e. The summed E-state index contributed by atoms with van der Waals surface area (Å²) in [5.41, 5.74) is 2.59. The van der Waals surface area contributed by atoms with Crippen LogP contribution in [0, 0.1) is 0 Å². The Morgan fingerprint density at radius 2 is 1.47 bits per heavy atom. The molecule has 0 saturated heterocycles. The molecule has 0 aliphatic heterocycles. The SMILES string of the molecule is CNC(Cc1ccc(Br)cc1)c1cc(Br)cc(Br)c1. The van der Waals surface area contributed by atoms with Gasteiger partial charge >= 0.3 is 0 Å². The largest absolute Gasteiger partial charge is 0.313 e. The van der Waals surface area contributed by atoms with E-state index in [-0.39, 0.29) is 0 Å². The van der Waals surface area contributed by atoms with Crippen LogP contribution in [0.5, 0.6) is 0 Å². The molecule has 1 unspecified atom stereocenters. The van der Waals surface area contributed by atoms with Gasteiger partial charge in [-0.1, -0.05) is 59.9 Å². The van der Waals surface area contributed by atoms with Crippen molar-refractivity contribution < 1.29 is 0 Å². The van der Waals surface area contributed by atoms with Gasteiger partial charge in [-0.15, -0.1) is 0 Å². The van der Waals surface area contributed by atoms with Gasteiger partial charge in [0.05, 0.1) is 0 Å². The van der Waals surface area contributed by atoms with Crippen molar-refractivity contribution in [2.75, 3.05) is 7.05 Å². The molecule has 0 aliphatic carbocycles. The molecule has 0 heterocycles. The third kappa shape index (κ3) is 4.42. The number of rotatable bonds is 4. The van der Waals surface area contributed by atoms with Gasteiger partial charge in [0.2, 0.25) is 0 Å². The van der Waals surface area contributed by atoms with Gasteiger partial charge in [0, 0.05) is 19.5 Å². The third-order valence-electron chi connectivity index (χ3n) is 2.99. The summed E-state index contributed by atoms with van der Waals surface area (Å²) < 4.78 is 3.29. The maximum Gasteiger partial charge on any atom is 0.0359 e. The van der Waals surface area contributed by atoms with Crippen LogP contribution in [0.3, 0.4) is 0 Å². The molecule has 0 radical (unpaired) electrons. The molecule has 4 heteroatoms. The van der Waals surface area contributed by atoms with Crippen LogP contribution < -0.4 is 5.32 Å². The summed E-state index contributed by atoms with van der Waals surface area (Å²) in [5, 5.41) is 3.38. The third-order valence-corrected chi connectivity index (χ3v) is 4.43. The molecule has 2 rings (SSSR count). The van der Waals surface area contributed by atoms with E-state index in [1.54, 1.807) is 0 Å². The van der Waals surface area contributed by atoms with E-state index in [0.29, 0.717) is 6.04 Å². The van der Waals surface area contributed by atoms with E-state index < -0.39 is 0 Å². The van der Waals surface area contributed by atoms with Crippen LogP contribution in [0.15, 0.2) is 55.9 Å². The second kappa shape index (κ2) is 7.02. The lowest BCUT2D eigenvalue weighted by atomic mass is 9.99. The number of nitrogens with one attached hydrogen (secondary N) is 1.